The molecule has 2 unspecified atom stereocenters. The number of aryl methyl sites for hydroxylation is 1. The molecule has 0 amide bonds. The molecule has 0 fully saturated rings. The topological polar surface area (TPSA) is 105 Å². The van der Waals surface area contributed by atoms with Crippen LogP contribution >= 0.6 is 11.6 Å². The number of carbonyl (C=O) groups is 2. The Morgan fingerprint density at radius 2 is 1.91 bits per heavy atom. The van der Waals surface area contributed by atoms with Gasteiger partial charge < -0.3 is 25.0 Å². The molecule has 1 aliphatic carbocycles. The molecule has 1 aliphatic rings. The van der Waals surface area contributed by atoms with Gasteiger partial charge in [-0.25, -0.2) is 9.59 Å². The molecule has 0 saturated carbocycles. The third-order valence-electron chi connectivity index (χ3n) is 5.14. The predicted molar refractivity (Wildman–Crippen MR) is 122 cm³/mol. The number of benzene rings is 2. The van der Waals surface area contributed by atoms with E-state index in [-0.39, 0.29) is 18.6 Å². The third kappa shape index (κ3) is 9.75. The molecule has 192 valence electrons. The van der Waals surface area contributed by atoms with Crippen LogP contribution in [0.2, 0.25) is 5.02 Å². The number of esters is 1. The number of halogens is 4. The standard InChI is InChI=1S/C22H26ClNO4.C2HF3O2/c1-2-27-22(26)14-28-20-9-7-15-6-8-19(11-17(15)12-20)24-13-21(25)16-4-3-5-18(23)10-16;3-2(4,5)1(6)7/h3-5,7,9-10,12,19,21,24-25H,2,6,8,11,13-14H2,1H3;(H,6,7). The van der Waals surface area contributed by atoms with E-state index < -0.39 is 18.2 Å². The summed E-state index contributed by atoms with van der Waals surface area (Å²) < 4.78 is 42.2. The predicted octanol–water partition coefficient (Wildman–Crippen LogP) is 4.10. The summed E-state index contributed by atoms with van der Waals surface area (Å²) in [5.41, 5.74) is 3.32. The molecular weight excluding hydrogens is 491 g/mol. The minimum atomic E-state index is -5.08. The van der Waals surface area contributed by atoms with Crippen molar-refractivity contribution in [1.29, 1.82) is 0 Å². The molecule has 3 N–H and O–H groups in total. The van der Waals surface area contributed by atoms with Gasteiger partial charge in [0.1, 0.15) is 5.75 Å². The molecule has 2 atom stereocenters. The molecule has 11 heteroatoms. The van der Waals surface area contributed by atoms with E-state index in [1.165, 1.54) is 11.1 Å². The molecule has 0 heterocycles. The maximum Gasteiger partial charge on any atom is 0.490 e. The number of aliphatic hydroxyl groups excluding tert-OH is 1. The van der Waals surface area contributed by atoms with E-state index in [1.807, 2.05) is 24.3 Å². The van der Waals surface area contributed by atoms with Crippen molar-refractivity contribution in [3.63, 3.8) is 0 Å². The first kappa shape index (κ1) is 28.4. The van der Waals surface area contributed by atoms with Crippen molar-refractivity contribution in [2.75, 3.05) is 19.8 Å². The van der Waals surface area contributed by atoms with Crippen LogP contribution in [0, 0.1) is 0 Å². The van der Waals surface area contributed by atoms with Crippen LogP contribution in [0.5, 0.6) is 5.75 Å². The van der Waals surface area contributed by atoms with Crippen LogP contribution in [-0.4, -0.2) is 54.1 Å². The maximum atomic E-state index is 11.5. The van der Waals surface area contributed by atoms with Gasteiger partial charge in [0, 0.05) is 17.6 Å². The maximum absolute atomic E-state index is 11.5. The fourth-order valence-corrected chi connectivity index (χ4v) is 3.65. The number of hydrogen-bond donors (Lipinski definition) is 3. The minimum absolute atomic E-state index is 0.0832. The second kappa shape index (κ2) is 13.3. The second-order valence-electron chi connectivity index (χ2n) is 7.75. The van der Waals surface area contributed by atoms with Crippen molar-refractivity contribution in [1.82, 2.24) is 5.32 Å². The van der Waals surface area contributed by atoms with E-state index in [2.05, 4.69) is 11.4 Å². The number of rotatable bonds is 8. The first-order valence-electron chi connectivity index (χ1n) is 10.9. The van der Waals surface area contributed by atoms with Gasteiger partial charge in [-0.3, -0.25) is 0 Å². The monoisotopic (exact) mass is 517 g/mol. The van der Waals surface area contributed by atoms with E-state index in [0.717, 1.165) is 24.8 Å². The first-order chi connectivity index (χ1) is 16.5. The molecule has 3 rings (SSSR count). The third-order valence-corrected chi connectivity index (χ3v) is 5.38. The number of carboxylic acids is 1. The number of hydrogen-bond acceptors (Lipinski definition) is 6. The molecule has 2 aromatic carbocycles. The second-order valence-corrected chi connectivity index (χ2v) is 8.18. The molecule has 7 nitrogen and oxygen atoms in total. The van der Waals surface area contributed by atoms with Gasteiger partial charge in [0.15, 0.2) is 6.61 Å². The summed E-state index contributed by atoms with van der Waals surface area (Å²) in [5, 5.41) is 21.6. The van der Waals surface area contributed by atoms with Crippen molar-refractivity contribution in [3.05, 3.63) is 64.2 Å². The number of aliphatic carboxylic acids is 1. The largest absolute Gasteiger partial charge is 0.490 e. The Labute approximate surface area is 205 Å². The molecule has 0 aromatic heterocycles. The number of alkyl halides is 3. The lowest BCUT2D eigenvalue weighted by Crippen LogP contribution is -2.37. The number of nitrogens with one attached hydrogen (secondary N) is 1. The SMILES string of the molecule is CCOC(=O)COc1ccc2c(c1)CC(NCC(O)c1cccc(Cl)c1)CC2.O=C(O)C(F)(F)F. The average molecular weight is 518 g/mol. The van der Waals surface area contributed by atoms with E-state index in [0.29, 0.717) is 23.9 Å². The van der Waals surface area contributed by atoms with Gasteiger partial charge in [-0.05, 0) is 67.1 Å². The summed E-state index contributed by atoms with van der Waals surface area (Å²) in [6, 6.07) is 13.5. The lowest BCUT2D eigenvalue weighted by atomic mass is 9.88. The highest BCUT2D eigenvalue weighted by atomic mass is 35.5. The highest BCUT2D eigenvalue weighted by Gasteiger charge is 2.38. The lowest BCUT2D eigenvalue weighted by molar-refractivity contribution is -0.192. The summed E-state index contributed by atoms with van der Waals surface area (Å²) in [6.07, 6.45) is -2.84. The molecule has 0 spiro atoms. The van der Waals surface area contributed by atoms with Crippen molar-refractivity contribution in [2.45, 2.75) is 44.5 Å². The highest BCUT2D eigenvalue weighted by molar-refractivity contribution is 6.30. The summed E-state index contributed by atoms with van der Waals surface area (Å²) in [5.74, 6) is -2.45. The minimum Gasteiger partial charge on any atom is -0.482 e. The number of fused-ring (bicyclic) bond motifs is 1. The van der Waals surface area contributed by atoms with Gasteiger partial charge in [-0.1, -0.05) is 29.8 Å². The summed E-state index contributed by atoms with van der Waals surface area (Å²) in [7, 11) is 0. The van der Waals surface area contributed by atoms with Crippen LogP contribution < -0.4 is 10.1 Å². The molecule has 35 heavy (non-hydrogen) atoms. The Morgan fingerprint density at radius 1 is 1.20 bits per heavy atom. The number of carboxylic acid groups (broad SMARTS) is 1. The van der Waals surface area contributed by atoms with Gasteiger partial charge in [-0.15, -0.1) is 0 Å². The van der Waals surface area contributed by atoms with Crippen molar-refractivity contribution >= 4 is 23.5 Å². The van der Waals surface area contributed by atoms with Crippen molar-refractivity contribution in [2.24, 2.45) is 0 Å². The Morgan fingerprint density at radius 3 is 2.54 bits per heavy atom. The molecule has 0 bridgehead atoms. The van der Waals surface area contributed by atoms with Crippen LogP contribution in [0.1, 0.15) is 36.1 Å². The van der Waals surface area contributed by atoms with Crippen LogP contribution in [0.25, 0.3) is 0 Å². The quantitative estimate of drug-likeness (QED) is 0.453. The molecule has 2 aromatic rings. The Bertz CT molecular complexity index is 1000. The van der Waals surface area contributed by atoms with Crippen molar-refractivity contribution < 1.29 is 42.4 Å². The fraction of sp³-hybridized carbons (Fsp3) is 0.417. The Balaban J connectivity index is 0.000000540. The van der Waals surface area contributed by atoms with Crippen LogP contribution in [0.3, 0.4) is 0 Å². The highest BCUT2D eigenvalue weighted by Crippen LogP contribution is 2.26. The molecular formula is C24H27ClF3NO6. The zero-order chi connectivity index (χ0) is 26.0. The first-order valence-corrected chi connectivity index (χ1v) is 11.2. The zero-order valence-corrected chi connectivity index (χ0v) is 19.7. The Kier molecular flexibility index (Phi) is 10.8. The van der Waals surface area contributed by atoms with E-state index in [1.54, 1.807) is 19.1 Å². The van der Waals surface area contributed by atoms with Gasteiger partial charge in [0.05, 0.1) is 12.7 Å². The van der Waals surface area contributed by atoms with E-state index in [9.17, 15) is 23.1 Å². The van der Waals surface area contributed by atoms with Crippen molar-refractivity contribution in [3.8, 4) is 5.75 Å². The van der Waals surface area contributed by atoms with Crippen LogP contribution in [0.15, 0.2) is 42.5 Å². The Hall–Kier alpha value is -2.82. The average Bonchev–Trinajstić information content (AvgIpc) is 2.81. The summed E-state index contributed by atoms with van der Waals surface area (Å²) >= 11 is 6.00. The van der Waals surface area contributed by atoms with Crippen LogP contribution in [0.4, 0.5) is 13.2 Å². The summed E-state index contributed by atoms with van der Waals surface area (Å²) in [4.78, 5) is 20.4. The van der Waals surface area contributed by atoms with Gasteiger partial charge in [0.25, 0.3) is 0 Å². The van der Waals surface area contributed by atoms with Gasteiger partial charge in [-0.2, -0.15) is 13.2 Å². The smallest absolute Gasteiger partial charge is 0.482 e. The number of carbonyl (C=O) groups excluding carboxylic acids is 1. The zero-order valence-electron chi connectivity index (χ0n) is 19.0. The molecule has 0 radical (unpaired) electrons. The lowest BCUT2D eigenvalue weighted by Gasteiger charge is -2.27. The van der Waals surface area contributed by atoms with E-state index >= 15 is 0 Å². The van der Waals surface area contributed by atoms with Gasteiger partial charge in [0.2, 0.25) is 0 Å². The van der Waals surface area contributed by atoms with Gasteiger partial charge >= 0.3 is 18.1 Å². The number of aliphatic hydroxyl groups is 1. The number of ether oxygens (including phenoxy) is 2. The summed E-state index contributed by atoms with van der Waals surface area (Å²) in [6.45, 7) is 2.51. The molecule has 0 saturated heterocycles. The normalized spacial score (nSPS) is 15.8. The fourth-order valence-electron chi connectivity index (χ4n) is 3.45. The van der Waals surface area contributed by atoms with E-state index in [4.69, 9.17) is 31.0 Å². The molecule has 0 aliphatic heterocycles. The van der Waals surface area contributed by atoms with Crippen LogP contribution in [-0.2, 0) is 27.2 Å².